The highest BCUT2D eigenvalue weighted by Crippen LogP contribution is 2.20. The fourth-order valence-electron chi connectivity index (χ4n) is 3.28. The zero-order valence-electron chi connectivity index (χ0n) is 18.9. The van der Waals surface area contributed by atoms with E-state index in [1.165, 1.54) is 0 Å². The van der Waals surface area contributed by atoms with E-state index < -0.39 is 0 Å². The van der Waals surface area contributed by atoms with Crippen LogP contribution in [0.1, 0.15) is 18.9 Å². The molecule has 2 heterocycles. The molecule has 1 fully saturated rings. The van der Waals surface area contributed by atoms with E-state index in [1.54, 1.807) is 7.11 Å². The number of pyridine rings is 1. The lowest BCUT2D eigenvalue weighted by Crippen LogP contribution is -2.37. The Morgan fingerprint density at radius 1 is 1.19 bits per heavy atom. The molecule has 0 radical (unpaired) electrons. The summed E-state index contributed by atoms with van der Waals surface area (Å²) in [4.78, 5) is 11.7. The van der Waals surface area contributed by atoms with Gasteiger partial charge in [0.2, 0.25) is 0 Å². The summed E-state index contributed by atoms with van der Waals surface area (Å²) in [5.41, 5.74) is 2.01. The van der Waals surface area contributed by atoms with Crippen LogP contribution in [0.4, 0.5) is 11.5 Å². The van der Waals surface area contributed by atoms with Gasteiger partial charge in [-0.15, -0.1) is 24.0 Å². The Kier molecular flexibility index (Phi) is 12.1. The second-order valence-corrected chi connectivity index (χ2v) is 7.13. The normalized spacial score (nSPS) is 13.9. The Morgan fingerprint density at radius 2 is 2.03 bits per heavy atom. The van der Waals surface area contributed by atoms with Gasteiger partial charge in [-0.25, -0.2) is 9.98 Å². The number of rotatable bonds is 10. The average molecular weight is 555 g/mol. The molecule has 0 spiro atoms. The van der Waals surface area contributed by atoms with Gasteiger partial charge >= 0.3 is 0 Å². The third-order valence-corrected chi connectivity index (χ3v) is 4.79. The van der Waals surface area contributed by atoms with Gasteiger partial charge in [-0.1, -0.05) is 12.1 Å². The van der Waals surface area contributed by atoms with Crippen LogP contribution < -0.4 is 20.3 Å². The Hall–Kier alpha value is -2.11. The van der Waals surface area contributed by atoms with Gasteiger partial charge in [0.15, 0.2) is 5.96 Å². The molecule has 0 amide bonds. The summed E-state index contributed by atoms with van der Waals surface area (Å²) in [7, 11) is 1.70. The molecule has 0 bridgehead atoms. The van der Waals surface area contributed by atoms with Crippen molar-refractivity contribution in [2.45, 2.75) is 19.9 Å². The molecular weight excluding hydrogens is 521 g/mol. The molecule has 2 aromatic rings. The quantitative estimate of drug-likeness (QED) is 0.201. The zero-order chi connectivity index (χ0) is 21.7. The molecule has 0 unspecified atom stereocenters. The van der Waals surface area contributed by atoms with E-state index >= 15 is 0 Å². The minimum Gasteiger partial charge on any atom is -0.493 e. The van der Waals surface area contributed by atoms with E-state index in [-0.39, 0.29) is 24.0 Å². The van der Waals surface area contributed by atoms with E-state index in [0.717, 1.165) is 68.0 Å². The molecule has 3 rings (SSSR count). The number of hydrogen-bond acceptors (Lipinski definition) is 6. The van der Waals surface area contributed by atoms with Crippen LogP contribution >= 0.6 is 24.0 Å². The topological polar surface area (TPSA) is 80.2 Å². The lowest BCUT2D eigenvalue weighted by Gasteiger charge is -2.29. The Balaban J connectivity index is 0.00000363. The molecule has 176 valence electrons. The van der Waals surface area contributed by atoms with Crippen molar-refractivity contribution in [2.24, 2.45) is 4.99 Å². The molecule has 1 saturated heterocycles. The maximum Gasteiger partial charge on any atom is 0.196 e. The van der Waals surface area contributed by atoms with Crippen LogP contribution in [0.15, 0.2) is 47.6 Å². The first-order chi connectivity index (χ1) is 15.3. The van der Waals surface area contributed by atoms with Crippen LogP contribution in [0.2, 0.25) is 0 Å². The summed E-state index contributed by atoms with van der Waals surface area (Å²) in [6, 6.07) is 11.9. The summed E-state index contributed by atoms with van der Waals surface area (Å²) in [6.45, 7) is 7.82. The molecule has 0 saturated carbocycles. The number of guanidine groups is 1. The standard InChI is InChI=1S/C23H33N5O3.HI/c1-3-24-23(27-20-8-4-9-21(17-20)31-14-6-13-29-2)26-18-19-7-5-10-25-22(19)28-11-15-30-16-12-28;/h4-5,7-10,17H,3,6,11-16,18H2,1-2H3,(H2,24,26,27);1H. The molecule has 0 atom stereocenters. The van der Waals surface area contributed by atoms with Crippen LogP contribution in [-0.2, 0) is 16.0 Å². The minimum atomic E-state index is 0. The number of halogens is 1. The van der Waals surface area contributed by atoms with E-state index in [2.05, 4.69) is 33.5 Å². The van der Waals surface area contributed by atoms with Crippen molar-refractivity contribution in [3.05, 3.63) is 48.2 Å². The second kappa shape index (κ2) is 14.9. The van der Waals surface area contributed by atoms with Crippen molar-refractivity contribution in [2.75, 3.05) is 63.4 Å². The monoisotopic (exact) mass is 555 g/mol. The molecule has 1 aliphatic rings. The van der Waals surface area contributed by atoms with Crippen LogP contribution in [0.25, 0.3) is 0 Å². The van der Waals surface area contributed by atoms with Crippen molar-refractivity contribution in [3.63, 3.8) is 0 Å². The Morgan fingerprint density at radius 3 is 2.81 bits per heavy atom. The smallest absolute Gasteiger partial charge is 0.196 e. The van der Waals surface area contributed by atoms with E-state index in [9.17, 15) is 0 Å². The molecule has 32 heavy (non-hydrogen) atoms. The van der Waals surface area contributed by atoms with Gasteiger partial charge in [-0.05, 0) is 25.1 Å². The first-order valence-corrected chi connectivity index (χ1v) is 10.8. The summed E-state index contributed by atoms with van der Waals surface area (Å²) >= 11 is 0. The molecule has 1 aromatic heterocycles. The van der Waals surface area contributed by atoms with Gasteiger partial charge in [0.05, 0.1) is 26.4 Å². The molecular formula is C23H34IN5O3. The van der Waals surface area contributed by atoms with Crippen LogP contribution in [-0.4, -0.2) is 64.1 Å². The summed E-state index contributed by atoms with van der Waals surface area (Å²) in [5.74, 6) is 2.52. The van der Waals surface area contributed by atoms with Crippen molar-refractivity contribution in [3.8, 4) is 5.75 Å². The zero-order valence-corrected chi connectivity index (χ0v) is 21.2. The highest BCUT2D eigenvalue weighted by molar-refractivity contribution is 14.0. The summed E-state index contributed by atoms with van der Waals surface area (Å²) in [5, 5.41) is 6.68. The number of morpholine rings is 1. The third-order valence-electron chi connectivity index (χ3n) is 4.79. The number of aliphatic imine (C=N–C) groups is 1. The number of aromatic nitrogens is 1. The Bertz CT molecular complexity index is 831. The SMILES string of the molecule is CCNC(=NCc1cccnc1N1CCOCC1)Nc1cccc(OCCCOC)c1.I. The third kappa shape index (κ3) is 8.44. The molecule has 9 heteroatoms. The number of nitrogens with zero attached hydrogens (tertiary/aromatic N) is 3. The molecule has 1 aromatic carbocycles. The number of hydrogen-bond donors (Lipinski definition) is 2. The summed E-state index contributed by atoms with van der Waals surface area (Å²) in [6.07, 6.45) is 2.69. The van der Waals surface area contributed by atoms with E-state index in [4.69, 9.17) is 19.2 Å². The van der Waals surface area contributed by atoms with Gasteiger partial charge < -0.3 is 29.7 Å². The number of benzene rings is 1. The predicted molar refractivity (Wildman–Crippen MR) is 140 cm³/mol. The fourth-order valence-corrected chi connectivity index (χ4v) is 3.28. The van der Waals surface area contributed by atoms with Crippen LogP contribution in [0.5, 0.6) is 5.75 Å². The average Bonchev–Trinajstić information content (AvgIpc) is 2.81. The highest BCUT2D eigenvalue weighted by Gasteiger charge is 2.15. The fraction of sp³-hybridized carbons (Fsp3) is 0.478. The number of nitrogens with one attached hydrogen (secondary N) is 2. The molecule has 8 nitrogen and oxygen atoms in total. The second-order valence-electron chi connectivity index (χ2n) is 7.13. The Labute approximate surface area is 207 Å². The van der Waals surface area contributed by atoms with E-state index in [0.29, 0.717) is 19.8 Å². The lowest BCUT2D eigenvalue weighted by atomic mass is 10.2. The molecule has 1 aliphatic heterocycles. The van der Waals surface area contributed by atoms with Crippen molar-refractivity contribution in [1.29, 1.82) is 0 Å². The number of anilines is 2. The van der Waals surface area contributed by atoms with Crippen molar-refractivity contribution in [1.82, 2.24) is 10.3 Å². The first-order valence-electron chi connectivity index (χ1n) is 10.8. The molecule has 0 aliphatic carbocycles. The number of ether oxygens (including phenoxy) is 3. The predicted octanol–water partition coefficient (Wildman–Crippen LogP) is 3.53. The maximum absolute atomic E-state index is 5.80. The minimum absolute atomic E-state index is 0. The van der Waals surface area contributed by atoms with Crippen molar-refractivity contribution < 1.29 is 14.2 Å². The van der Waals surface area contributed by atoms with Gasteiger partial charge in [0.25, 0.3) is 0 Å². The number of methoxy groups -OCH3 is 1. The molecule has 2 N–H and O–H groups in total. The lowest BCUT2D eigenvalue weighted by molar-refractivity contribution is 0.122. The van der Waals surface area contributed by atoms with Crippen molar-refractivity contribution >= 4 is 41.4 Å². The van der Waals surface area contributed by atoms with E-state index in [1.807, 2.05) is 36.5 Å². The van der Waals surface area contributed by atoms with Gasteiger partial charge in [0.1, 0.15) is 11.6 Å². The maximum atomic E-state index is 5.80. The highest BCUT2D eigenvalue weighted by atomic mass is 127. The van der Waals surface area contributed by atoms with Gasteiger partial charge in [-0.3, -0.25) is 0 Å². The summed E-state index contributed by atoms with van der Waals surface area (Å²) < 4.78 is 16.3. The van der Waals surface area contributed by atoms with Gasteiger partial charge in [0, 0.05) is 63.3 Å². The largest absolute Gasteiger partial charge is 0.493 e. The van der Waals surface area contributed by atoms with Crippen LogP contribution in [0.3, 0.4) is 0 Å². The van der Waals surface area contributed by atoms with Gasteiger partial charge in [-0.2, -0.15) is 0 Å². The first kappa shape index (κ1) is 26.1. The van der Waals surface area contributed by atoms with Crippen LogP contribution in [0, 0.1) is 0 Å².